The van der Waals surface area contributed by atoms with Gasteiger partial charge in [0.25, 0.3) is 0 Å². The standard InChI is InChI=1S/C25H29N9O/c1-16-10-30-25(32-18-5-2-17(3-6-18)4-8-22(26)35)33-24(16)21-13-29-23-9-7-19(14-34(21)23)31-20-11-27-15-28-12-20/h7,9-15,17-18,31H,2-6,8H2,1H3,(H2,26,35)(H,30,32,33). The Morgan fingerprint density at radius 3 is 2.63 bits per heavy atom. The zero-order chi connectivity index (χ0) is 24.2. The van der Waals surface area contributed by atoms with Crippen LogP contribution in [0.2, 0.25) is 0 Å². The maximum Gasteiger partial charge on any atom is 0.223 e. The highest BCUT2D eigenvalue weighted by Gasteiger charge is 2.22. The van der Waals surface area contributed by atoms with Gasteiger partial charge < -0.3 is 16.4 Å². The molecule has 4 aromatic heterocycles. The number of amides is 1. The van der Waals surface area contributed by atoms with Crippen molar-refractivity contribution in [1.29, 1.82) is 0 Å². The number of nitrogens with one attached hydrogen (secondary N) is 2. The average molecular weight is 472 g/mol. The summed E-state index contributed by atoms with van der Waals surface area (Å²) in [4.78, 5) is 33.1. The molecule has 0 spiro atoms. The van der Waals surface area contributed by atoms with Gasteiger partial charge in [0.2, 0.25) is 11.9 Å². The molecule has 5 rings (SSSR count). The predicted octanol–water partition coefficient (Wildman–Crippen LogP) is 3.87. The summed E-state index contributed by atoms with van der Waals surface area (Å²) in [5.41, 5.74) is 10.5. The molecule has 4 N–H and O–H groups in total. The lowest BCUT2D eigenvalue weighted by molar-refractivity contribution is -0.118. The molecule has 4 aromatic rings. The Kier molecular flexibility index (Phi) is 6.51. The van der Waals surface area contributed by atoms with Crippen molar-refractivity contribution in [3.63, 3.8) is 0 Å². The van der Waals surface area contributed by atoms with Gasteiger partial charge in [0, 0.05) is 24.9 Å². The van der Waals surface area contributed by atoms with Crippen LogP contribution in [0, 0.1) is 12.8 Å². The van der Waals surface area contributed by atoms with E-state index in [0.717, 1.165) is 66.1 Å². The predicted molar refractivity (Wildman–Crippen MR) is 134 cm³/mol. The minimum absolute atomic E-state index is 0.213. The summed E-state index contributed by atoms with van der Waals surface area (Å²) in [6, 6.07) is 4.25. The summed E-state index contributed by atoms with van der Waals surface area (Å²) in [7, 11) is 0. The molecule has 1 amide bonds. The molecule has 1 aliphatic rings. The van der Waals surface area contributed by atoms with Crippen molar-refractivity contribution >= 4 is 28.9 Å². The largest absolute Gasteiger partial charge is 0.370 e. The molecule has 0 bridgehead atoms. The monoisotopic (exact) mass is 471 g/mol. The van der Waals surface area contributed by atoms with Crippen molar-refractivity contribution in [1.82, 2.24) is 29.3 Å². The van der Waals surface area contributed by atoms with Crippen LogP contribution in [0.1, 0.15) is 44.1 Å². The number of primary amides is 1. The summed E-state index contributed by atoms with van der Waals surface area (Å²) < 4.78 is 2.02. The number of nitrogens with zero attached hydrogens (tertiary/aromatic N) is 6. The molecule has 10 nitrogen and oxygen atoms in total. The van der Waals surface area contributed by atoms with Crippen LogP contribution >= 0.6 is 0 Å². The van der Waals surface area contributed by atoms with E-state index in [0.29, 0.717) is 24.3 Å². The lowest BCUT2D eigenvalue weighted by atomic mass is 9.83. The summed E-state index contributed by atoms with van der Waals surface area (Å²) in [6.07, 6.45) is 16.2. The highest BCUT2D eigenvalue weighted by Crippen LogP contribution is 2.30. The van der Waals surface area contributed by atoms with Gasteiger partial charge >= 0.3 is 0 Å². The van der Waals surface area contributed by atoms with Crippen molar-refractivity contribution < 1.29 is 4.79 Å². The Balaban J connectivity index is 1.33. The van der Waals surface area contributed by atoms with Crippen LogP contribution < -0.4 is 16.4 Å². The molecule has 10 heteroatoms. The van der Waals surface area contributed by atoms with Gasteiger partial charge in [-0.05, 0) is 62.6 Å². The molecule has 1 aliphatic carbocycles. The van der Waals surface area contributed by atoms with E-state index < -0.39 is 0 Å². The molecule has 0 unspecified atom stereocenters. The fourth-order valence-electron chi connectivity index (χ4n) is 4.66. The zero-order valence-corrected chi connectivity index (χ0v) is 19.7. The van der Waals surface area contributed by atoms with Crippen molar-refractivity contribution in [2.24, 2.45) is 11.7 Å². The van der Waals surface area contributed by atoms with Gasteiger partial charge in [0.15, 0.2) is 0 Å². The van der Waals surface area contributed by atoms with Crippen LogP contribution in [-0.4, -0.2) is 41.3 Å². The Bertz CT molecular complexity index is 1310. The number of aromatic nitrogens is 6. The Morgan fingerprint density at radius 1 is 1.06 bits per heavy atom. The topological polar surface area (TPSA) is 136 Å². The number of aryl methyl sites for hydroxylation is 1. The van der Waals surface area contributed by atoms with Crippen LogP contribution in [0.5, 0.6) is 0 Å². The lowest BCUT2D eigenvalue weighted by Gasteiger charge is -2.29. The van der Waals surface area contributed by atoms with E-state index in [9.17, 15) is 4.79 Å². The molecule has 1 saturated carbocycles. The molecule has 0 saturated heterocycles. The van der Waals surface area contributed by atoms with Crippen LogP contribution in [0.3, 0.4) is 0 Å². The quantitative estimate of drug-likeness (QED) is 0.352. The maximum atomic E-state index is 11.1. The fourth-order valence-corrected chi connectivity index (χ4v) is 4.66. The molecule has 4 heterocycles. The summed E-state index contributed by atoms with van der Waals surface area (Å²) in [6.45, 7) is 2.01. The van der Waals surface area contributed by atoms with E-state index in [-0.39, 0.29) is 5.91 Å². The van der Waals surface area contributed by atoms with E-state index in [1.54, 1.807) is 12.4 Å². The van der Waals surface area contributed by atoms with Crippen molar-refractivity contribution in [2.75, 3.05) is 10.6 Å². The van der Waals surface area contributed by atoms with E-state index in [1.807, 2.05) is 42.0 Å². The molecule has 35 heavy (non-hydrogen) atoms. The number of fused-ring (bicyclic) bond motifs is 1. The third-order valence-electron chi connectivity index (χ3n) is 6.55. The first-order valence-corrected chi connectivity index (χ1v) is 11.9. The van der Waals surface area contributed by atoms with E-state index in [2.05, 4.69) is 30.6 Å². The normalized spacial score (nSPS) is 17.9. The molecule has 1 fully saturated rings. The second kappa shape index (κ2) is 10.0. The number of carbonyl (C=O) groups excluding carboxylic acids is 1. The lowest BCUT2D eigenvalue weighted by Crippen LogP contribution is -2.27. The zero-order valence-electron chi connectivity index (χ0n) is 19.7. The van der Waals surface area contributed by atoms with Crippen LogP contribution in [-0.2, 0) is 4.79 Å². The summed E-state index contributed by atoms with van der Waals surface area (Å²) in [5.74, 6) is 0.977. The Hall–Kier alpha value is -4.08. The smallest absolute Gasteiger partial charge is 0.223 e. The molecule has 0 aromatic carbocycles. The second-order valence-electron chi connectivity index (χ2n) is 9.13. The molecule has 0 atom stereocenters. The van der Waals surface area contributed by atoms with E-state index in [4.69, 9.17) is 10.7 Å². The van der Waals surface area contributed by atoms with Gasteiger partial charge in [-0.25, -0.2) is 24.9 Å². The number of hydrogen-bond acceptors (Lipinski definition) is 8. The Labute approximate surface area is 203 Å². The third kappa shape index (κ3) is 5.37. The second-order valence-corrected chi connectivity index (χ2v) is 9.13. The fraction of sp³-hybridized carbons (Fsp3) is 0.360. The Morgan fingerprint density at radius 2 is 1.86 bits per heavy atom. The highest BCUT2D eigenvalue weighted by atomic mass is 16.1. The van der Waals surface area contributed by atoms with Gasteiger partial charge in [-0.2, -0.15) is 0 Å². The minimum atomic E-state index is -0.213. The number of imidazole rings is 1. The van der Waals surface area contributed by atoms with Crippen molar-refractivity contribution in [3.8, 4) is 11.4 Å². The van der Waals surface area contributed by atoms with Crippen molar-refractivity contribution in [2.45, 2.75) is 51.5 Å². The summed E-state index contributed by atoms with van der Waals surface area (Å²) >= 11 is 0. The summed E-state index contributed by atoms with van der Waals surface area (Å²) in [5, 5.41) is 6.84. The number of pyridine rings is 1. The van der Waals surface area contributed by atoms with Crippen molar-refractivity contribution in [3.05, 3.63) is 55.0 Å². The van der Waals surface area contributed by atoms with Crippen LogP contribution in [0.4, 0.5) is 17.3 Å². The average Bonchev–Trinajstić information content (AvgIpc) is 3.28. The first-order valence-electron chi connectivity index (χ1n) is 11.9. The van der Waals surface area contributed by atoms with Crippen LogP contribution in [0.15, 0.2) is 49.4 Å². The van der Waals surface area contributed by atoms with Gasteiger partial charge in [-0.15, -0.1) is 0 Å². The number of nitrogens with two attached hydrogens (primary N) is 1. The first-order chi connectivity index (χ1) is 17.0. The molecule has 0 radical (unpaired) electrons. The van der Waals surface area contributed by atoms with E-state index >= 15 is 0 Å². The number of rotatable bonds is 8. The van der Waals surface area contributed by atoms with Gasteiger partial charge in [0.1, 0.15) is 12.0 Å². The van der Waals surface area contributed by atoms with Gasteiger partial charge in [-0.3, -0.25) is 9.20 Å². The molecule has 0 aliphatic heterocycles. The first kappa shape index (κ1) is 22.7. The maximum absolute atomic E-state index is 11.1. The van der Waals surface area contributed by atoms with Gasteiger partial charge in [0.05, 0.1) is 41.4 Å². The number of carbonyl (C=O) groups is 1. The molecular weight excluding hydrogens is 442 g/mol. The van der Waals surface area contributed by atoms with E-state index in [1.165, 1.54) is 6.33 Å². The molecule has 180 valence electrons. The third-order valence-corrected chi connectivity index (χ3v) is 6.55. The minimum Gasteiger partial charge on any atom is -0.370 e. The van der Waals surface area contributed by atoms with Crippen LogP contribution in [0.25, 0.3) is 17.0 Å². The number of anilines is 3. The van der Waals surface area contributed by atoms with Gasteiger partial charge in [-0.1, -0.05) is 0 Å². The highest BCUT2D eigenvalue weighted by molar-refractivity contribution is 5.73. The number of hydrogen-bond donors (Lipinski definition) is 3. The SMILES string of the molecule is Cc1cnc(NC2CCC(CCC(N)=O)CC2)nc1-c1cnc2ccc(Nc3cncnc3)cn12. The molecular formula is C25H29N9O.